The van der Waals surface area contributed by atoms with Gasteiger partial charge in [0.25, 0.3) is 0 Å². The maximum atomic E-state index is 5.51. The van der Waals surface area contributed by atoms with Crippen molar-refractivity contribution in [2.75, 3.05) is 13.6 Å². The average Bonchev–Trinajstić information content (AvgIpc) is 2.15. The molecule has 2 atom stereocenters. The molecule has 1 saturated carbocycles. The van der Waals surface area contributed by atoms with E-state index in [0.29, 0.717) is 0 Å². The van der Waals surface area contributed by atoms with Gasteiger partial charge in [0.15, 0.2) is 0 Å². The summed E-state index contributed by atoms with van der Waals surface area (Å²) in [5.41, 5.74) is 0. The molecule has 2 unspecified atom stereocenters. The number of hydrogen-bond donors (Lipinski definition) is 0. The molecule has 1 aliphatic rings. The van der Waals surface area contributed by atoms with Crippen LogP contribution in [-0.2, 0) is 0 Å². The molecule has 0 aromatic heterocycles. The molecule has 0 aromatic carbocycles. The third-order valence-electron chi connectivity index (χ3n) is 3.35. The molecule has 0 aromatic rings. The van der Waals surface area contributed by atoms with Gasteiger partial charge in [0.1, 0.15) is 0 Å². The predicted octanol–water partition coefficient (Wildman–Crippen LogP) is 2.47. The van der Waals surface area contributed by atoms with Crippen LogP contribution in [0.2, 0.25) is 6.32 Å². The average molecular weight is 179 g/mol. The Morgan fingerprint density at radius 1 is 1.31 bits per heavy atom. The van der Waals surface area contributed by atoms with E-state index in [1.165, 1.54) is 32.2 Å². The van der Waals surface area contributed by atoms with Crippen LogP contribution in [0.4, 0.5) is 0 Å². The van der Waals surface area contributed by atoms with E-state index in [2.05, 4.69) is 18.9 Å². The van der Waals surface area contributed by atoms with Gasteiger partial charge in [-0.1, -0.05) is 26.1 Å². The molecule has 1 nitrogen and oxygen atoms in total. The first-order chi connectivity index (χ1) is 6.25. The van der Waals surface area contributed by atoms with E-state index in [4.69, 9.17) is 7.85 Å². The maximum Gasteiger partial charge on any atom is 0.0653 e. The van der Waals surface area contributed by atoms with Crippen LogP contribution < -0.4 is 0 Å². The van der Waals surface area contributed by atoms with Gasteiger partial charge in [0, 0.05) is 6.04 Å². The normalized spacial score (nSPS) is 29.5. The Bertz CT molecular complexity index is 138. The van der Waals surface area contributed by atoms with Gasteiger partial charge < -0.3 is 4.90 Å². The van der Waals surface area contributed by atoms with Crippen molar-refractivity contribution < 1.29 is 0 Å². The summed E-state index contributed by atoms with van der Waals surface area (Å²) in [6.45, 7) is 3.56. The Balaban J connectivity index is 2.30. The van der Waals surface area contributed by atoms with Crippen molar-refractivity contribution in [3.63, 3.8) is 0 Å². The third kappa shape index (κ3) is 3.34. The molecular formula is C11H22BN. The zero-order valence-corrected chi connectivity index (χ0v) is 9.13. The molecule has 13 heavy (non-hydrogen) atoms. The lowest BCUT2D eigenvalue weighted by molar-refractivity contribution is 0.140. The van der Waals surface area contributed by atoms with Gasteiger partial charge in [0.05, 0.1) is 7.85 Å². The lowest BCUT2D eigenvalue weighted by Gasteiger charge is -2.36. The van der Waals surface area contributed by atoms with Crippen LogP contribution >= 0.6 is 0 Å². The minimum atomic E-state index is 0.820. The van der Waals surface area contributed by atoms with Gasteiger partial charge in [0.2, 0.25) is 0 Å². The molecule has 2 heteroatoms. The lowest BCUT2D eigenvalue weighted by Crippen LogP contribution is -2.39. The molecule has 0 amide bonds. The molecule has 1 fully saturated rings. The fourth-order valence-corrected chi connectivity index (χ4v) is 2.46. The van der Waals surface area contributed by atoms with Gasteiger partial charge in [-0.15, -0.1) is 0 Å². The molecule has 1 aliphatic carbocycles. The standard InChI is InChI=1S/C11H22BN/c1-10-6-3-4-7-11(10)13(2)9-5-8-12/h10-11H,3-9H2,1-2H3. The summed E-state index contributed by atoms with van der Waals surface area (Å²) in [5.74, 6) is 0.886. The monoisotopic (exact) mass is 179 g/mol. The Kier molecular flexibility index (Phi) is 4.86. The van der Waals surface area contributed by atoms with E-state index in [1.807, 2.05) is 0 Å². The predicted molar refractivity (Wildman–Crippen MR) is 59.2 cm³/mol. The number of rotatable bonds is 4. The van der Waals surface area contributed by atoms with E-state index < -0.39 is 0 Å². The molecule has 2 radical (unpaired) electrons. The van der Waals surface area contributed by atoms with Crippen LogP contribution in [-0.4, -0.2) is 32.4 Å². The SMILES string of the molecule is [B]CCCN(C)C1CCCCC1C. The fraction of sp³-hybridized carbons (Fsp3) is 1.00. The Morgan fingerprint density at radius 2 is 2.00 bits per heavy atom. The third-order valence-corrected chi connectivity index (χ3v) is 3.35. The molecule has 74 valence electrons. The van der Waals surface area contributed by atoms with Crippen LogP contribution in [0.1, 0.15) is 39.0 Å². The summed E-state index contributed by atoms with van der Waals surface area (Å²) in [5, 5.41) is 0. The van der Waals surface area contributed by atoms with E-state index in [9.17, 15) is 0 Å². The van der Waals surface area contributed by atoms with Crippen LogP contribution in [0.25, 0.3) is 0 Å². The molecule has 0 N–H and O–H groups in total. The Hall–Kier alpha value is 0.0249. The van der Waals surface area contributed by atoms with Gasteiger partial charge >= 0.3 is 0 Å². The van der Waals surface area contributed by atoms with Crippen molar-refractivity contribution in [2.45, 2.75) is 51.4 Å². The van der Waals surface area contributed by atoms with Gasteiger partial charge in [-0.25, -0.2) is 0 Å². The van der Waals surface area contributed by atoms with Crippen molar-refractivity contribution in [3.05, 3.63) is 0 Å². The summed E-state index contributed by atoms with van der Waals surface area (Å²) in [7, 11) is 7.77. The quantitative estimate of drug-likeness (QED) is 0.599. The second-order valence-electron chi connectivity index (χ2n) is 4.45. The van der Waals surface area contributed by atoms with Crippen LogP contribution in [0.15, 0.2) is 0 Å². The first-order valence-electron chi connectivity index (χ1n) is 5.66. The molecule has 0 spiro atoms. The zero-order valence-electron chi connectivity index (χ0n) is 9.13. The first-order valence-corrected chi connectivity index (χ1v) is 5.66. The van der Waals surface area contributed by atoms with Crippen molar-refractivity contribution in [1.82, 2.24) is 4.90 Å². The highest BCUT2D eigenvalue weighted by molar-refractivity contribution is 6.08. The molecule has 0 saturated heterocycles. The van der Waals surface area contributed by atoms with Gasteiger partial charge in [-0.3, -0.25) is 0 Å². The minimum Gasteiger partial charge on any atom is -0.303 e. The minimum absolute atomic E-state index is 0.820. The summed E-state index contributed by atoms with van der Waals surface area (Å²) in [4.78, 5) is 2.51. The van der Waals surface area contributed by atoms with Gasteiger partial charge in [-0.05, 0) is 38.8 Å². The van der Waals surface area contributed by atoms with Crippen molar-refractivity contribution >= 4 is 7.85 Å². The van der Waals surface area contributed by atoms with Crippen LogP contribution in [0.3, 0.4) is 0 Å². The lowest BCUT2D eigenvalue weighted by atomic mass is 9.85. The summed E-state index contributed by atoms with van der Waals surface area (Å²) in [6, 6.07) is 0.820. The van der Waals surface area contributed by atoms with E-state index in [0.717, 1.165) is 24.7 Å². The second-order valence-corrected chi connectivity index (χ2v) is 4.45. The fourth-order valence-electron chi connectivity index (χ4n) is 2.46. The second kappa shape index (κ2) is 5.69. The van der Waals surface area contributed by atoms with Crippen molar-refractivity contribution in [2.24, 2.45) is 5.92 Å². The molecule has 0 aliphatic heterocycles. The topological polar surface area (TPSA) is 3.24 Å². The zero-order chi connectivity index (χ0) is 9.68. The first kappa shape index (κ1) is 11.1. The van der Waals surface area contributed by atoms with Gasteiger partial charge in [-0.2, -0.15) is 0 Å². The highest BCUT2D eigenvalue weighted by atomic mass is 15.1. The Morgan fingerprint density at radius 3 is 2.62 bits per heavy atom. The van der Waals surface area contributed by atoms with E-state index in [1.54, 1.807) is 0 Å². The maximum absolute atomic E-state index is 5.51. The van der Waals surface area contributed by atoms with Crippen LogP contribution in [0, 0.1) is 5.92 Å². The molecule has 0 heterocycles. The van der Waals surface area contributed by atoms with Crippen molar-refractivity contribution in [3.8, 4) is 0 Å². The largest absolute Gasteiger partial charge is 0.303 e. The molecule has 1 rings (SSSR count). The van der Waals surface area contributed by atoms with E-state index >= 15 is 0 Å². The smallest absolute Gasteiger partial charge is 0.0653 e. The van der Waals surface area contributed by atoms with Crippen LogP contribution in [0.5, 0.6) is 0 Å². The molecular weight excluding hydrogens is 157 g/mol. The number of hydrogen-bond acceptors (Lipinski definition) is 1. The highest BCUT2D eigenvalue weighted by Crippen LogP contribution is 2.27. The van der Waals surface area contributed by atoms with Crippen molar-refractivity contribution in [1.29, 1.82) is 0 Å². The van der Waals surface area contributed by atoms with E-state index in [-0.39, 0.29) is 0 Å². The highest BCUT2D eigenvalue weighted by Gasteiger charge is 2.23. The molecule has 0 bridgehead atoms. The number of nitrogens with zero attached hydrogens (tertiary/aromatic N) is 1. The summed E-state index contributed by atoms with van der Waals surface area (Å²) >= 11 is 0. The summed E-state index contributed by atoms with van der Waals surface area (Å²) < 4.78 is 0. The summed E-state index contributed by atoms with van der Waals surface area (Å²) in [6.07, 6.45) is 7.62. The Labute approximate surface area is 84.3 Å².